The van der Waals surface area contributed by atoms with Crippen LogP contribution in [0.2, 0.25) is 0 Å². The van der Waals surface area contributed by atoms with Crippen molar-refractivity contribution in [3.63, 3.8) is 0 Å². The molecule has 1 fully saturated rings. The first-order valence-electron chi connectivity index (χ1n) is 7.71. The van der Waals surface area contributed by atoms with Crippen molar-refractivity contribution >= 4 is 16.0 Å². The van der Waals surface area contributed by atoms with Crippen molar-refractivity contribution in [1.29, 1.82) is 0 Å². The Morgan fingerprint density at radius 1 is 1.32 bits per heavy atom. The third kappa shape index (κ3) is 4.55. The summed E-state index contributed by atoms with van der Waals surface area (Å²) in [4.78, 5) is 11.8. The third-order valence-electron chi connectivity index (χ3n) is 3.89. The average molecular weight is 325 g/mol. The van der Waals surface area contributed by atoms with Crippen molar-refractivity contribution in [1.82, 2.24) is 4.31 Å². The van der Waals surface area contributed by atoms with Crippen LogP contribution in [0.1, 0.15) is 25.3 Å². The van der Waals surface area contributed by atoms with E-state index >= 15 is 0 Å². The van der Waals surface area contributed by atoms with Gasteiger partial charge in [0.15, 0.2) is 0 Å². The third-order valence-corrected chi connectivity index (χ3v) is 5.73. The van der Waals surface area contributed by atoms with Gasteiger partial charge < -0.3 is 4.74 Å². The first-order chi connectivity index (χ1) is 10.5. The number of benzene rings is 1. The van der Waals surface area contributed by atoms with Crippen LogP contribution in [0.15, 0.2) is 30.3 Å². The minimum Gasteiger partial charge on any atom is -0.466 e. The van der Waals surface area contributed by atoms with Crippen LogP contribution in [0.4, 0.5) is 0 Å². The first-order valence-corrected chi connectivity index (χ1v) is 9.32. The molecule has 1 aromatic carbocycles. The van der Waals surface area contributed by atoms with Crippen LogP contribution in [0.5, 0.6) is 0 Å². The van der Waals surface area contributed by atoms with Crippen molar-refractivity contribution in [2.24, 2.45) is 5.92 Å². The van der Waals surface area contributed by atoms with E-state index in [-0.39, 0.29) is 24.2 Å². The largest absolute Gasteiger partial charge is 0.466 e. The van der Waals surface area contributed by atoms with Gasteiger partial charge in [-0.05, 0) is 31.7 Å². The Balaban J connectivity index is 1.95. The molecule has 6 heteroatoms. The molecule has 1 aliphatic heterocycles. The number of esters is 1. The van der Waals surface area contributed by atoms with E-state index in [1.54, 1.807) is 6.92 Å². The second-order valence-corrected chi connectivity index (χ2v) is 7.59. The van der Waals surface area contributed by atoms with E-state index in [4.69, 9.17) is 4.74 Å². The predicted molar refractivity (Wildman–Crippen MR) is 84.9 cm³/mol. The Labute approximate surface area is 132 Å². The molecule has 1 heterocycles. The minimum atomic E-state index is -3.34. The standard InChI is InChI=1S/C16H23NO4S/c1-2-21-16(18)15-9-6-11-17(13-15)22(19,20)12-10-14-7-4-3-5-8-14/h3-5,7-8,15H,2,6,9-13H2,1H3. The highest BCUT2D eigenvalue weighted by molar-refractivity contribution is 7.89. The van der Waals surface area contributed by atoms with Crippen LogP contribution in [-0.4, -0.2) is 44.1 Å². The monoisotopic (exact) mass is 325 g/mol. The van der Waals surface area contributed by atoms with Gasteiger partial charge in [0.1, 0.15) is 0 Å². The maximum Gasteiger partial charge on any atom is 0.310 e. The minimum absolute atomic E-state index is 0.0760. The molecule has 0 saturated carbocycles. The molecule has 122 valence electrons. The fourth-order valence-corrected chi connectivity index (χ4v) is 4.23. The molecule has 5 nitrogen and oxygen atoms in total. The topological polar surface area (TPSA) is 63.7 Å². The van der Waals surface area contributed by atoms with Crippen LogP contribution in [0.25, 0.3) is 0 Å². The van der Waals surface area contributed by atoms with Crippen molar-refractivity contribution in [2.45, 2.75) is 26.2 Å². The highest BCUT2D eigenvalue weighted by Crippen LogP contribution is 2.21. The fraction of sp³-hybridized carbons (Fsp3) is 0.562. The van der Waals surface area contributed by atoms with Crippen LogP contribution < -0.4 is 0 Å². The van der Waals surface area contributed by atoms with E-state index < -0.39 is 10.0 Å². The lowest BCUT2D eigenvalue weighted by molar-refractivity contribution is -0.149. The summed E-state index contributed by atoms with van der Waals surface area (Å²) in [5.74, 6) is -0.544. The molecule has 0 radical (unpaired) electrons. The maximum atomic E-state index is 12.5. The predicted octanol–water partition coefficient (Wildman–Crippen LogP) is 1.83. The van der Waals surface area contributed by atoms with Gasteiger partial charge in [-0.25, -0.2) is 12.7 Å². The van der Waals surface area contributed by atoms with E-state index in [0.717, 1.165) is 5.56 Å². The van der Waals surface area contributed by atoms with Gasteiger partial charge in [0, 0.05) is 13.1 Å². The van der Waals surface area contributed by atoms with Crippen LogP contribution >= 0.6 is 0 Å². The summed E-state index contributed by atoms with van der Waals surface area (Å²) in [7, 11) is -3.34. The summed E-state index contributed by atoms with van der Waals surface area (Å²) in [6.45, 7) is 2.83. The SMILES string of the molecule is CCOC(=O)C1CCCN(S(=O)(=O)CCc2ccccc2)C1. The summed E-state index contributed by atoms with van der Waals surface area (Å²) in [5.41, 5.74) is 1.00. The Kier molecular flexibility index (Phi) is 5.97. The normalized spacial score (nSPS) is 19.8. The second-order valence-electron chi connectivity index (χ2n) is 5.50. The van der Waals surface area contributed by atoms with E-state index in [9.17, 15) is 13.2 Å². The van der Waals surface area contributed by atoms with Gasteiger partial charge in [0.2, 0.25) is 10.0 Å². The molecule has 1 saturated heterocycles. The van der Waals surface area contributed by atoms with Gasteiger partial charge in [-0.15, -0.1) is 0 Å². The Morgan fingerprint density at radius 3 is 2.73 bits per heavy atom. The molecule has 2 rings (SSSR count). The van der Waals surface area contributed by atoms with Crippen molar-refractivity contribution < 1.29 is 17.9 Å². The zero-order valence-electron chi connectivity index (χ0n) is 12.9. The zero-order valence-corrected chi connectivity index (χ0v) is 13.7. The van der Waals surface area contributed by atoms with Crippen molar-refractivity contribution in [3.8, 4) is 0 Å². The number of carbonyl (C=O) groups excluding carboxylic acids is 1. The smallest absolute Gasteiger partial charge is 0.310 e. The zero-order chi connectivity index (χ0) is 16.0. The second kappa shape index (κ2) is 7.74. The van der Waals surface area contributed by atoms with E-state index in [1.807, 2.05) is 30.3 Å². The molecule has 22 heavy (non-hydrogen) atoms. The summed E-state index contributed by atoms with van der Waals surface area (Å²) in [6, 6.07) is 9.56. The van der Waals surface area contributed by atoms with E-state index in [2.05, 4.69) is 0 Å². The molecule has 1 atom stereocenters. The van der Waals surface area contributed by atoms with Gasteiger partial charge >= 0.3 is 5.97 Å². The molecule has 1 unspecified atom stereocenters. The van der Waals surface area contributed by atoms with Gasteiger partial charge in [0.05, 0.1) is 18.3 Å². The number of rotatable bonds is 6. The molecular weight excluding hydrogens is 302 g/mol. The maximum absolute atomic E-state index is 12.5. The average Bonchev–Trinajstić information content (AvgIpc) is 2.54. The molecule has 0 aliphatic carbocycles. The number of aryl methyl sites for hydroxylation is 1. The summed E-state index contributed by atoms with van der Waals surface area (Å²) in [6.07, 6.45) is 1.89. The van der Waals surface area contributed by atoms with Crippen LogP contribution in [0.3, 0.4) is 0 Å². The molecule has 1 aromatic rings. The lowest BCUT2D eigenvalue weighted by Gasteiger charge is -2.30. The molecule has 0 amide bonds. The Hall–Kier alpha value is -1.40. The Morgan fingerprint density at radius 2 is 2.05 bits per heavy atom. The molecule has 0 N–H and O–H groups in total. The van der Waals surface area contributed by atoms with Crippen LogP contribution in [-0.2, 0) is 26.0 Å². The molecule has 0 aromatic heterocycles. The lowest BCUT2D eigenvalue weighted by atomic mass is 10.0. The fourth-order valence-electron chi connectivity index (χ4n) is 2.67. The highest BCUT2D eigenvalue weighted by Gasteiger charge is 2.32. The van der Waals surface area contributed by atoms with Crippen LogP contribution in [0, 0.1) is 5.92 Å². The molecule has 0 spiro atoms. The molecule has 1 aliphatic rings. The summed E-state index contributed by atoms with van der Waals surface area (Å²) < 4.78 is 31.4. The number of carbonyl (C=O) groups is 1. The number of hydrogen-bond donors (Lipinski definition) is 0. The van der Waals surface area contributed by atoms with Crippen molar-refractivity contribution in [2.75, 3.05) is 25.4 Å². The summed E-state index contributed by atoms with van der Waals surface area (Å²) in [5, 5.41) is 0. The van der Waals surface area contributed by atoms with E-state index in [0.29, 0.717) is 32.4 Å². The lowest BCUT2D eigenvalue weighted by Crippen LogP contribution is -2.43. The quantitative estimate of drug-likeness (QED) is 0.749. The van der Waals surface area contributed by atoms with Gasteiger partial charge in [-0.1, -0.05) is 30.3 Å². The van der Waals surface area contributed by atoms with Gasteiger partial charge in [-0.2, -0.15) is 0 Å². The number of piperidine rings is 1. The first kappa shape index (κ1) is 17.0. The number of hydrogen-bond acceptors (Lipinski definition) is 4. The molecular formula is C16H23NO4S. The van der Waals surface area contributed by atoms with Gasteiger partial charge in [0.25, 0.3) is 0 Å². The molecule has 0 bridgehead atoms. The highest BCUT2D eigenvalue weighted by atomic mass is 32.2. The number of ether oxygens (including phenoxy) is 1. The van der Waals surface area contributed by atoms with E-state index in [1.165, 1.54) is 4.31 Å². The number of nitrogens with zero attached hydrogens (tertiary/aromatic N) is 1. The Bertz CT molecular complexity index is 585. The number of sulfonamides is 1. The van der Waals surface area contributed by atoms with Gasteiger partial charge in [-0.3, -0.25) is 4.79 Å². The summed E-state index contributed by atoms with van der Waals surface area (Å²) >= 11 is 0. The van der Waals surface area contributed by atoms with Crippen molar-refractivity contribution in [3.05, 3.63) is 35.9 Å².